The van der Waals surface area contributed by atoms with Crippen molar-refractivity contribution in [3.63, 3.8) is 0 Å². The number of methoxy groups -OCH3 is 3. The molecule has 0 aliphatic carbocycles. The molecule has 1 aromatic carbocycles. The summed E-state index contributed by atoms with van der Waals surface area (Å²) in [5.74, 6) is 0.613. The van der Waals surface area contributed by atoms with E-state index in [0.29, 0.717) is 18.0 Å². The zero-order valence-electron chi connectivity index (χ0n) is 12.2. The highest BCUT2D eigenvalue weighted by Gasteiger charge is 2.30. The third-order valence-corrected chi connectivity index (χ3v) is 2.87. The lowest BCUT2D eigenvalue weighted by molar-refractivity contribution is -0.159. The van der Waals surface area contributed by atoms with Crippen LogP contribution in [0.5, 0.6) is 11.5 Å². The quantitative estimate of drug-likeness (QED) is 0.718. The van der Waals surface area contributed by atoms with Gasteiger partial charge in [0.15, 0.2) is 17.1 Å². The lowest BCUT2D eigenvalue weighted by atomic mass is 10.1. The Hall–Kier alpha value is -1.79. The van der Waals surface area contributed by atoms with Gasteiger partial charge in [-0.3, -0.25) is 0 Å². The van der Waals surface area contributed by atoms with Gasteiger partial charge in [0.2, 0.25) is 0 Å². The Morgan fingerprint density at radius 1 is 1.25 bits per heavy atom. The number of carbonyl (C=O) groups excluding carboxylic acids is 1. The molecule has 1 atom stereocenters. The van der Waals surface area contributed by atoms with Gasteiger partial charge in [-0.2, -0.15) is 0 Å². The fourth-order valence-electron chi connectivity index (χ4n) is 1.73. The molecule has 0 saturated heterocycles. The first kappa shape index (κ1) is 16.3. The van der Waals surface area contributed by atoms with E-state index in [1.165, 1.54) is 14.0 Å². The normalized spacial score (nSPS) is 13.4. The Bertz CT molecular complexity index is 459. The lowest BCUT2D eigenvalue weighted by Crippen LogP contribution is -2.45. The fraction of sp³-hybridized carbons (Fsp3) is 0.500. The number of ether oxygens (including phenoxy) is 3. The van der Waals surface area contributed by atoms with Crippen LogP contribution in [0.15, 0.2) is 18.2 Å². The van der Waals surface area contributed by atoms with Gasteiger partial charge in [0.25, 0.3) is 0 Å². The Morgan fingerprint density at radius 2 is 1.90 bits per heavy atom. The highest BCUT2D eigenvalue weighted by Crippen LogP contribution is 2.27. The van der Waals surface area contributed by atoms with Gasteiger partial charge >= 0.3 is 5.97 Å². The van der Waals surface area contributed by atoms with Crippen molar-refractivity contribution >= 4 is 5.97 Å². The predicted molar refractivity (Wildman–Crippen MR) is 73.9 cm³/mol. The van der Waals surface area contributed by atoms with E-state index < -0.39 is 11.6 Å². The molecule has 1 rings (SSSR count). The van der Waals surface area contributed by atoms with Crippen LogP contribution in [0.25, 0.3) is 0 Å². The highest BCUT2D eigenvalue weighted by atomic mass is 16.5. The minimum atomic E-state index is -1.55. The summed E-state index contributed by atoms with van der Waals surface area (Å²) in [4.78, 5) is 11.3. The SMILES string of the molecule is COC(=O)C(C)(O)CNCc1ccc(OC)c(OC)c1. The first-order valence-corrected chi connectivity index (χ1v) is 6.17. The molecule has 0 heterocycles. The largest absolute Gasteiger partial charge is 0.493 e. The smallest absolute Gasteiger partial charge is 0.338 e. The van der Waals surface area contributed by atoms with Crippen molar-refractivity contribution in [1.29, 1.82) is 0 Å². The number of benzene rings is 1. The van der Waals surface area contributed by atoms with E-state index in [0.717, 1.165) is 5.56 Å². The van der Waals surface area contributed by atoms with Gasteiger partial charge < -0.3 is 24.6 Å². The van der Waals surface area contributed by atoms with E-state index in [9.17, 15) is 9.90 Å². The second kappa shape index (κ2) is 7.12. The zero-order chi connectivity index (χ0) is 15.2. The number of hydrogen-bond donors (Lipinski definition) is 2. The van der Waals surface area contributed by atoms with Gasteiger partial charge in [-0.1, -0.05) is 6.07 Å². The second-order valence-electron chi connectivity index (χ2n) is 4.56. The molecule has 0 amide bonds. The molecule has 1 unspecified atom stereocenters. The van der Waals surface area contributed by atoms with Gasteiger partial charge in [-0.25, -0.2) is 4.79 Å². The maximum atomic E-state index is 11.3. The van der Waals surface area contributed by atoms with Crippen molar-refractivity contribution in [2.24, 2.45) is 0 Å². The average molecular weight is 283 g/mol. The molecule has 20 heavy (non-hydrogen) atoms. The maximum Gasteiger partial charge on any atom is 0.338 e. The van der Waals surface area contributed by atoms with Crippen LogP contribution in [0.3, 0.4) is 0 Å². The van der Waals surface area contributed by atoms with Crippen LogP contribution < -0.4 is 14.8 Å². The second-order valence-corrected chi connectivity index (χ2v) is 4.56. The minimum absolute atomic E-state index is 0.0913. The average Bonchev–Trinajstić information content (AvgIpc) is 2.45. The van der Waals surface area contributed by atoms with Crippen molar-refractivity contribution in [3.05, 3.63) is 23.8 Å². The summed E-state index contributed by atoms with van der Waals surface area (Å²) < 4.78 is 14.9. The number of hydrogen-bond acceptors (Lipinski definition) is 6. The molecular formula is C14H21NO5. The van der Waals surface area contributed by atoms with Gasteiger partial charge in [0.1, 0.15) is 0 Å². The lowest BCUT2D eigenvalue weighted by Gasteiger charge is -2.20. The molecule has 0 fully saturated rings. The molecule has 0 radical (unpaired) electrons. The summed E-state index contributed by atoms with van der Waals surface area (Å²) in [6.45, 7) is 1.97. The van der Waals surface area contributed by atoms with E-state index >= 15 is 0 Å². The molecule has 2 N–H and O–H groups in total. The van der Waals surface area contributed by atoms with Crippen molar-refractivity contribution in [1.82, 2.24) is 5.32 Å². The molecule has 6 nitrogen and oxygen atoms in total. The van der Waals surface area contributed by atoms with E-state index in [1.54, 1.807) is 20.3 Å². The molecular weight excluding hydrogens is 262 g/mol. The molecule has 0 aliphatic heterocycles. The van der Waals surface area contributed by atoms with E-state index in [4.69, 9.17) is 9.47 Å². The molecule has 0 aliphatic rings. The van der Waals surface area contributed by atoms with E-state index in [-0.39, 0.29) is 6.54 Å². The summed E-state index contributed by atoms with van der Waals surface area (Å²) >= 11 is 0. The van der Waals surface area contributed by atoms with Crippen molar-refractivity contribution < 1.29 is 24.1 Å². The van der Waals surface area contributed by atoms with Crippen LogP contribution in [0, 0.1) is 0 Å². The van der Waals surface area contributed by atoms with Gasteiger partial charge in [0.05, 0.1) is 21.3 Å². The molecule has 0 bridgehead atoms. The third kappa shape index (κ3) is 4.11. The number of carbonyl (C=O) groups is 1. The highest BCUT2D eigenvalue weighted by molar-refractivity contribution is 5.78. The Kier molecular flexibility index (Phi) is 5.79. The molecule has 1 aromatic rings. The summed E-state index contributed by atoms with van der Waals surface area (Å²) in [6, 6.07) is 5.51. The fourth-order valence-corrected chi connectivity index (χ4v) is 1.73. The van der Waals surface area contributed by atoms with Crippen LogP contribution in [-0.2, 0) is 16.1 Å². The Labute approximate surface area is 118 Å². The number of esters is 1. The third-order valence-electron chi connectivity index (χ3n) is 2.87. The van der Waals surface area contributed by atoms with Gasteiger partial charge in [-0.15, -0.1) is 0 Å². The van der Waals surface area contributed by atoms with E-state index in [2.05, 4.69) is 10.1 Å². The molecule has 0 spiro atoms. The van der Waals surface area contributed by atoms with Crippen LogP contribution in [0.2, 0.25) is 0 Å². The summed E-state index contributed by atoms with van der Waals surface area (Å²) in [6.07, 6.45) is 0. The van der Waals surface area contributed by atoms with Crippen LogP contribution in [0.1, 0.15) is 12.5 Å². The molecule has 0 aromatic heterocycles. The maximum absolute atomic E-state index is 11.3. The number of aliphatic hydroxyl groups is 1. The monoisotopic (exact) mass is 283 g/mol. The topological polar surface area (TPSA) is 77.0 Å². The summed E-state index contributed by atoms with van der Waals surface area (Å²) in [7, 11) is 4.38. The molecule has 112 valence electrons. The minimum Gasteiger partial charge on any atom is -0.493 e. The first-order valence-electron chi connectivity index (χ1n) is 6.17. The van der Waals surface area contributed by atoms with Crippen LogP contribution in [0.4, 0.5) is 0 Å². The Balaban J connectivity index is 2.60. The van der Waals surface area contributed by atoms with Gasteiger partial charge in [-0.05, 0) is 24.6 Å². The van der Waals surface area contributed by atoms with Gasteiger partial charge in [0, 0.05) is 13.1 Å². The zero-order valence-corrected chi connectivity index (χ0v) is 12.2. The van der Waals surface area contributed by atoms with Crippen LogP contribution >= 0.6 is 0 Å². The Morgan fingerprint density at radius 3 is 2.45 bits per heavy atom. The predicted octanol–water partition coefficient (Wildman–Crippen LogP) is 0.717. The number of nitrogens with one attached hydrogen (secondary N) is 1. The van der Waals surface area contributed by atoms with E-state index in [1.807, 2.05) is 12.1 Å². The van der Waals surface area contributed by atoms with Crippen molar-refractivity contribution in [3.8, 4) is 11.5 Å². The van der Waals surface area contributed by atoms with Crippen LogP contribution in [-0.4, -0.2) is 44.6 Å². The molecule has 0 saturated carbocycles. The first-order chi connectivity index (χ1) is 9.44. The standard InChI is InChI=1S/C14H21NO5/c1-14(17,13(16)20-4)9-15-8-10-5-6-11(18-2)12(7-10)19-3/h5-7,15,17H,8-9H2,1-4H3. The van der Waals surface area contributed by atoms with Crippen molar-refractivity contribution in [2.45, 2.75) is 19.1 Å². The summed E-state index contributed by atoms with van der Waals surface area (Å²) in [5.41, 5.74) is -0.603. The van der Waals surface area contributed by atoms with Crippen molar-refractivity contribution in [2.75, 3.05) is 27.9 Å². The number of rotatable bonds is 7. The molecule has 6 heteroatoms. The summed E-state index contributed by atoms with van der Waals surface area (Å²) in [5, 5.41) is 12.9.